The average molecular weight is 317 g/mol. The van der Waals surface area contributed by atoms with Crippen LogP contribution in [0.2, 0.25) is 10.0 Å². The number of nitrogens with two attached hydrogens (primary N) is 1. The summed E-state index contributed by atoms with van der Waals surface area (Å²) in [7, 11) is 0. The van der Waals surface area contributed by atoms with E-state index in [1.165, 1.54) is 0 Å². The summed E-state index contributed by atoms with van der Waals surface area (Å²) in [5.74, 6) is -0.0872. The van der Waals surface area contributed by atoms with Crippen LogP contribution in [0.1, 0.15) is 30.6 Å². The van der Waals surface area contributed by atoms with Gasteiger partial charge in [0.2, 0.25) is 0 Å². The topological polar surface area (TPSA) is 55.6 Å². The third-order valence-electron chi connectivity index (χ3n) is 3.53. The molecule has 2 unspecified atom stereocenters. The summed E-state index contributed by atoms with van der Waals surface area (Å²) in [4.78, 5) is 14.5. The number of halogens is 2. The number of hydrogen-bond acceptors (Lipinski definition) is 3. The third-order valence-corrected chi connectivity index (χ3v) is 4.15. The number of morpholine rings is 1. The number of carbonyl (C=O) groups is 1. The molecule has 1 amide bonds. The summed E-state index contributed by atoms with van der Waals surface area (Å²) < 4.78 is 5.60. The van der Waals surface area contributed by atoms with Gasteiger partial charge in [-0.2, -0.15) is 0 Å². The van der Waals surface area contributed by atoms with Gasteiger partial charge in [0.15, 0.2) is 0 Å². The van der Waals surface area contributed by atoms with Gasteiger partial charge in [0.05, 0.1) is 34.5 Å². The van der Waals surface area contributed by atoms with Crippen LogP contribution in [0.25, 0.3) is 0 Å². The molecule has 0 bridgehead atoms. The van der Waals surface area contributed by atoms with Gasteiger partial charge in [0.25, 0.3) is 5.91 Å². The van der Waals surface area contributed by atoms with Crippen molar-refractivity contribution in [2.45, 2.75) is 32.4 Å². The Labute approximate surface area is 128 Å². The summed E-state index contributed by atoms with van der Waals surface area (Å²) in [6.07, 6.45) is 0.871. The van der Waals surface area contributed by atoms with E-state index in [1.54, 1.807) is 12.1 Å². The highest BCUT2D eigenvalue weighted by Crippen LogP contribution is 2.30. The zero-order valence-corrected chi connectivity index (χ0v) is 13.0. The van der Waals surface area contributed by atoms with Crippen LogP contribution in [-0.2, 0) is 4.74 Å². The Morgan fingerprint density at radius 2 is 2.05 bits per heavy atom. The summed E-state index contributed by atoms with van der Waals surface area (Å²) in [6, 6.07) is 3.21. The Morgan fingerprint density at radius 1 is 1.45 bits per heavy atom. The number of rotatable bonds is 2. The molecule has 20 heavy (non-hydrogen) atoms. The van der Waals surface area contributed by atoms with E-state index in [4.69, 9.17) is 33.7 Å². The Morgan fingerprint density at radius 3 is 2.60 bits per heavy atom. The van der Waals surface area contributed by atoms with Gasteiger partial charge in [0.1, 0.15) is 0 Å². The average Bonchev–Trinajstić information content (AvgIpc) is 2.43. The van der Waals surface area contributed by atoms with Crippen LogP contribution in [0.5, 0.6) is 0 Å². The second kappa shape index (κ2) is 6.20. The number of ether oxygens (including phenoxy) is 1. The lowest BCUT2D eigenvalue weighted by atomic mass is 10.1. The zero-order chi connectivity index (χ0) is 14.9. The van der Waals surface area contributed by atoms with E-state index in [9.17, 15) is 4.79 Å². The van der Waals surface area contributed by atoms with Crippen molar-refractivity contribution < 1.29 is 9.53 Å². The van der Waals surface area contributed by atoms with Gasteiger partial charge >= 0.3 is 0 Å². The van der Waals surface area contributed by atoms with Crippen LogP contribution in [0.3, 0.4) is 0 Å². The minimum Gasteiger partial charge on any atom is -0.396 e. The van der Waals surface area contributed by atoms with Crippen molar-refractivity contribution in [2.24, 2.45) is 0 Å². The highest BCUT2D eigenvalue weighted by atomic mass is 35.5. The number of carbonyl (C=O) groups excluding carboxylic acids is 1. The second-order valence-corrected chi connectivity index (χ2v) is 5.83. The van der Waals surface area contributed by atoms with Gasteiger partial charge in [0, 0.05) is 12.1 Å². The Bertz CT molecular complexity index is 499. The van der Waals surface area contributed by atoms with Gasteiger partial charge in [-0.1, -0.05) is 30.1 Å². The largest absolute Gasteiger partial charge is 0.396 e. The van der Waals surface area contributed by atoms with Crippen LogP contribution in [0.15, 0.2) is 12.1 Å². The highest BCUT2D eigenvalue weighted by Gasteiger charge is 2.30. The molecule has 0 aliphatic carbocycles. The van der Waals surface area contributed by atoms with Crippen molar-refractivity contribution in [3.8, 4) is 0 Å². The molecule has 2 rings (SSSR count). The molecule has 1 fully saturated rings. The fraction of sp³-hybridized carbons (Fsp3) is 0.500. The molecule has 1 aliphatic heterocycles. The molecule has 6 heteroatoms. The molecule has 0 aromatic heterocycles. The molecule has 0 radical (unpaired) electrons. The van der Waals surface area contributed by atoms with Gasteiger partial charge in [-0.15, -0.1) is 0 Å². The number of nitrogen functional groups attached to an aromatic ring is 1. The molecule has 1 aromatic carbocycles. The first-order valence-corrected chi connectivity index (χ1v) is 7.36. The van der Waals surface area contributed by atoms with Gasteiger partial charge in [-0.05, 0) is 25.5 Å². The normalized spacial score (nSPS) is 22.9. The Hall–Kier alpha value is -0.970. The molecule has 110 valence electrons. The lowest BCUT2D eigenvalue weighted by molar-refractivity contribution is -0.0444. The van der Waals surface area contributed by atoms with E-state index >= 15 is 0 Å². The second-order valence-electron chi connectivity index (χ2n) is 5.02. The molecule has 1 aliphatic rings. The van der Waals surface area contributed by atoms with E-state index in [0.29, 0.717) is 34.4 Å². The molecule has 2 atom stereocenters. The van der Waals surface area contributed by atoms with Crippen LogP contribution in [0.4, 0.5) is 5.69 Å². The molecule has 0 spiro atoms. The number of amides is 1. The number of hydrogen-bond donors (Lipinski definition) is 1. The van der Waals surface area contributed by atoms with E-state index in [0.717, 1.165) is 6.42 Å². The maximum Gasteiger partial charge on any atom is 0.254 e. The molecule has 1 saturated heterocycles. The van der Waals surface area contributed by atoms with Crippen LogP contribution >= 0.6 is 23.2 Å². The van der Waals surface area contributed by atoms with Crippen molar-refractivity contribution in [3.05, 3.63) is 27.7 Å². The lowest BCUT2D eigenvalue weighted by Gasteiger charge is -2.38. The van der Waals surface area contributed by atoms with Gasteiger partial charge in [-0.25, -0.2) is 0 Å². The molecule has 2 N–H and O–H groups in total. The van der Waals surface area contributed by atoms with E-state index in [1.807, 2.05) is 18.7 Å². The number of benzene rings is 1. The maximum absolute atomic E-state index is 12.6. The Balaban J connectivity index is 2.29. The van der Waals surface area contributed by atoms with Gasteiger partial charge in [-0.3, -0.25) is 4.79 Å². The quantitative estimate of drug-likeness (QED) is 0.852. The summed E-state index contributed by atoms with van der Waals surface area (Å²) in [6.45, 7) is 5.11. The molecule has 1 heterocycles. The van der Waals surface area contributed by atoms with E-state index in [-0.39, 0.29) is 18.1 Å². The fourth-order valence-electron chi connectivity index (χ4n) is 2.30. The monoisotopic (exact) mass is 316 g/mol. The first-order valence-electron chi connectivity index (χ1n) is 6.61. The predicted molar refractivity (Wildman–Crippen MR) is 81.4 cm³/mol. The summed E-state index contributed by atoms with van der Waals surface area (Å²) in [5, 5.41) is 0.602. The molecular weight excluding hydrogens is 299 g/mol. The fourth-order valence-corrected chi connectivity index (χ4v) is 2.79. The maximum atomic E-state index is 12.6. The minimum atomic E-state index is -0.0872. The van der Waals surface area contributed by atoms with Crippen LogP contribution in [-0.4, -0.2) is 36.1 Å². The standard InChI is InChI=1S/C14H18Cl2N2O2/c1-3-10-7-20-8(2)6-18(10)14(19)9-4-11(15)13(17)12(16)5-9/h4-5,8,10H,3,6-7,17H2,1-2H3. The van der Waals surface area contributed by atoms with E-state index in [2.05, 4.69) is 0 Å². The summed E-state index contributed by atoms with van der Waals surface area (Å²) in [5.41, 5.74) is 6.45. The zero-order valence-electron chi connectivity index (χ0n) is 11.5. The van der Waals surface area contributed by atoms with Crippen molar-refractivity contribution in [1.82, 2.24) is 4.90 Å². The SMILES string of the molecule is CCC1COC(C)CN1C(=O)c1cc(Cl)c(N)c(Cl)c1. The van der Waals surface area contributed by atoms with E-state index < -0.39 is 0 Å². The summed E-state index contributed by atoms with van der Waals surface area (Å²) >= 11 is 12.0. The number of nitrogens with zero attached hydrogens (tertiary/aromatic N) is 1. The highest BCUT2D eigenvalue weighted by molar-refractivity contribution is 6.39. The lowest BCUT2D eigenvalue weighted by Crippen LogP contribution is -2.51. The molecule has 0 saturated carbocycles. The van der Waals surface area contributed by atoms with Crippen molar-refractivity contribution in [1.29, 1.82) is 0 Å². The van der Waals surface area contributed by atoms with Gasteiger partial charge < -0.3 is 15.4 Å². The third kappa shape index (κ3) is 3.03. The van der Waals surface area contributed by atoms with Crippen molar-refractivity contribution >= 4 is 34.8 Å². The van der Waals surface area contributed by atoms with Crippen molar-refractivity contribution in [3.63, 3.8) is 0 Å². The van der Waals surface area contributed by atoms with Crippen LogP contribution < -0.4 is 5.73 Å². The van der Waals surface area contributed by atoms with Crippen LogP contribution in [0, 0.1) is 0 Å². The predicted octanol–water partition coefficient (Wildman–Crippen LogP) is 3.22. The first-order chi connectivity index (χ1) is 9.43. The minimum absolute atomic E-state index is 0.0291. The first kappa shape index (κ1) is 15.4. The number of anilines is 1. The smallest absolute Gasteiger partial charge is 0.254 e. The molecule has 1 aromatic rings. The molecular formula is C14H18Cl2N2O2. The molecule has 4 nitrogen and oxygen atoms in total. The van der Waals surface area contributed by atoms with Crippen molar-refractivity contribution in [2.75, 3.05) is 18.9 Å². The Kier molecular flexibility index (Phi) is 4.78.